The molecule has 0 spiro atoms. The van der Waals surface area contributed by atoms with Gasteiger partial charge in [0.1, 0.15) is 0 Å². The molecule has 146 valence electrons. The minimum atomic E-state index is 1.00. The Balaban J connectivity index is 2.00. The van der Waals surface area contributed by atoms with E-state index in [4.69, 9.17) is 0 Å². The van der Waals surface area contributed by atoms with Gasteiger partial charge in [0.25, 0.3) is 0 Å². The van der Waals surface area contributed by atoms with Gasteiger partial charge in [0, 0.05) is 46.3 Å². The number of hydrogen-bond donors (Lipinski definition) is 0. The van der Waals surface area contributed by atoms with Gasteiger partial charge in [-0.15, -0.1) is 0 Å². The Kier molecular flexibility index (Phi) is 5.02. The maximum atomic E-state index is 4.10. The molecule has 1 aromatic carbocycles. The van der Waals surface area contributed by atoms with Crippen LogP contribution in [-0.4, -0.2) is 9.13 Å². The number of benzene rings is 1. The molecule has 2 nitrogen and oxygen atoms in total. The van der Waals surface area contributed by atoms with Gasteiger partial charge in [0.15, 0.2) is 0 Å². The number of aromatic nitrogens is 2. The van der Waals surface area contributed by atoms with Crippen molar-refractivity contribution >= 4 is 40.9 Å². The Bertz CT molecular complexity index is 1210. The summed E-state index contributed by atoms with van der Waals surface area (Å²) in [5.41, 5.74) is 10.2. The molecule has 0 bridgehead atoms. The first-order chi connectivity index (χ1) is 14.1. The van der Waals surface area contributed by atoms with Crippen molar-refractivity contribution in [2.45, 2.75) is 26.7 Å². The molecule has 0 atom stereocenters. The summed E-state index contributed by atoms with van der Waals surface area (Å²) < 4.78 is 4.74. The average Bonchev–Trinajstić information content (AvgIpc) is 3.18. The van der Waals surface area contributed by atoms with Crippen LogP contribution in [0.4, 0.5) is 0 Å². The summed E-state index contributed by atoms with van der Waals surface area (Å²) in [6.45, 7) is 12.2. The Morgan fingerprint density at radius 3 is 2.55 bits per heavy atom. The maximum absolute atomic E-state index is 4.10. The van der Waals surface area contributed by atoms with E-state index in [9.17, 15) is 0 Å². The third-order valence-electron chi connectivity index (χ3n) is 5.95. The van der Waals surface area contributed by atoms with Crippen molar-refractivity contribution in [1.82, 2.24) is 9.13 Å². The first-order valence-electron chi connectivity index (χ1n) is 10.2. The highest BCUT2D eigenvalue weighted by atomic mass is 15.0. The molecule has 0 N–H and O–H groups in total. The van der Waals surface area contributed by atoms with Gasteiger partial charge in [0.05, 0.1) is 5.52 Å². The van der Waals surface area contributed by atoms with Crippen LogP contribution in [0.1, 0.15) is 47.1 Å². The number of nitrogens with zero attached hydrogens (tertiary/aromatic N) is 2. The zero-order valence-corrected chi connectivity index (χ0v) is 17.6. The lowest BCUT2D eigenvalue weighted by molar-refractivity contribution is 0.790. The molecule has 3 aromatic rings. The number of hydrogen-bond acceptors (Lipinski definition) is 0. The number of allylic oxidation sites excluding steroid dienone is 4. The summed E-state index contributed by atoms with van der Waals surface area (Å²) in [6, 6.07) is 8.66. The summed E-state index contributed by atoms with van der Waals surface area (Å²) in [7, 11) is 2.16. The molecule has 1 aliphatic rings. The molecule has 1 aliphatic carbocycles. The van der Waals surface area contributed by atoms with Crippen LogP contribution in [0.2, 0.25) is 0 Å². The summed E-state index contributed by atoms with van der Waals surface area (Å²) in [5.74, 6) is 0. The van der Waals surface area contributed by atoms with Gasteiger partial charge < -0.3 is 9.13 Å². The van der Waals surface area contributed by atoms with Crippen molar-refractivity contribution in [3.05, 3.63) is 89.4 Å². The number of para-hydroxylation sites is 1. The molecule has 0 amide bonds. The van der Waals surface area contributed by atoms with Crippen molar-refractivity contribution < 1.29 is 0 Å². The monoisotopic (exact) mass is 380 g/mol. The third-order valence-corrected chi connectivity index (χ3v) is 5.95. The molecule has 0 radical (unpaired) electrons. The molecule has 0 fully saturated rings. The van der Waals surface area contributed by atoms with Crippen molar-refractivity contribution in [3.63, 3.8) is 0 Å². The molecule has 2 aromatic heterocycles. The van der Waals surface area contributed by atoms with Crippen LogP contribution >= 0.6 is 0 Å². The Hall–Kier alpha value is -3.26. The van der Waals surface area contributed by atoms with Crippen molar-refractivity contribution in [1.29, 1.82) is 0 Å². The van der Waals surface area contributed by atoms with Crippen molar-refractivity contribution in [3.8, 4) is 0 Å². The highest BCUT2D eigenvalue weighted by Crippen LogP contribution is 2.38. The molecule has 0 saturated carbocycles. The summed E-state index contributed by atoms with van der Waals surface area (Å²) in [6.07, 6.45) is 16.7. The average molecular weight is 381 g/mol. The van der Waals surface area contributed by atoms with Crippen LogP contribution in [-0.2, 0) is 13.5 Å². The number of rotatable bonds is 5. The highest BCUT2D eigenvalue weighted by Gasteiger charge is 2.23. The first kappa shape index (κ1) is 19.1. The van der Waals surface area contributed by atoms with E-state index in [1.165, 1.54) is 50.4 Å². The van der Waals surface area contributed by atoms with E-state index >= 15 is 0 Å². The molecule has 29 heavy (non-hydrogen) atoms. The van der Waals surface area contributed by atoms with Gasteiger partial charge in [-0.2, -0.15) is 0 Å². The summed E-state index contributed by atoms with van der Waals surface area (Å²) in [5, 5.41) is 1.30. The lowest BCUT2D eigenvalue weighted by atomic mass is 9.98. The van der Waals surface area contributed by atoms with E-state index in [1.54, 1.807) is 0 Å². The molecule has 0 saturated heterocycles. The SMILES string of the molecule is C=C/C=C\c1c(C)c2ccccc2n1C1=Cc2c(C=C)c(/C=C\C)n(C)c2CC1. The number of fused-ring (bicyclic) bond motifs is 2. The van der Waals surface area contributed by atoms with E-state index < -0.39 is 0 Å². The fourth-order valence-corrected chi connectivity index (χ4v) is 4.59. The number of aryl methyl sites for hydroxylation is 1. The molecular formula is C27H28N2. The van der Waals surface area contributed by atoms with Crippen molar-refractivity contribution in [2.75, 3.05) is 0 Å². The minimum Gasteiger partial charge on any atom is -0.347 e. The highest BCUT2D eigenvalue weighted by molar-refractivity contribution is 5.94. The van der Waals surface area contributed by atoms with Gasteiger partial charge in [0.2, 0.25) is 0 Å². The van der Waals surface area contributed by atoms with E-state index in [2.05, 4.69) is 91.8 Å². The maximum Gasteiger partial charge on any atom is 0.0534 e. The zero-order chi connectivity index (χ0) is 20.5. The minimum absolute atomic E-state index is 1.00. The van der Waals surface area contributed by atoms with Gasteiger partial charge in [-0.05, 0) is 56.5 Å². The van der Waals surface area contributed by atoms with Crippen molar-refractivity contribution in [2.24, 2.45) is 7.05 Å². The summed E-state index contributed by atoms with van der Waals surface area (Å²) in [4.78, 5) is 0. The van der Waals surface area contributed by atoms with Crippen LogP contribution in [0.5, 0.6) is 0 Å². The Labute approximate surface area is 173 Å². The van der Waals surface area contributed by atoms with E-state index in [0.717, 1.165) is 12.8 Å². The second-order valence-corrected chi connectivity index (χ2v) is 7.52. The molecular weight excluding hydrogens is 352 g/mol. The predicted molar refractivity (Wildman–Crippen MR) is 129 cm³/mol. The normalized spacial score (nSPS) is 14.0. The van der Waals surface area contributed by atoms with E-state index in [0.29, 0.717) is 0 Å². The second kappa shape index (κ2) is 7.63. The summed E-state index contributed by atoms with van der Waals surface area (Å²) >= 11 is 0. The molecule has 4 rings (SSSR count). The largest absolute Gasteiger partial charge is 0.347 e. The van der Waals surface area contributed by atoms with Crippen LogP contribution in [0.25, 0.3) is 40.9 Å². The fourth-order valence-electron chi connectivity index (χ4n) is 4.59. The van der Waals surface area contributed by atoms with Crippen LogP contribution in [0.15, 0.2) is 55.7 Å². The van der Waals surface area contributed by atoms with Gasteiger partial charge in [-0.25, -0.2) is 0 Å². The molecule has 2 heteroatoms. The zero-order valence-electron chi connectivity index (χ0n) is 17.6. The Morgan fingerprint density at radius 2 is 1.83 bits per heavy atom. The fraction of sp³-hybridized carbons (Fsp3) is 0.185. The van der Waals surface area contributed by atoms with Crippen LogP contribution in [0.3, 0.4) is 0 Å². The Morgan fingerprint density at radius 1 is 1.03 bits per heavy atom. The van der Waals surface area contributed by atoms with Gasteiger partial charge in [-0.1, -0.05) is 55.7 Å². The molecule has 0 unspecified atom stereocenters. The molecule has 0 aliphatic heterocycles. The lowest BCUT2D eigenvalue weighted by Crippen LogP contribution is -2.08. The molecule has 2 heterocycles. The van der Waals surface area contributed by atoms with Gasteiger partial charge in [-0.3, -0.25) is 0 Å². The predicted octanol–water partition coefficient (Wildman–Crippen LogP) is 7.11. The third kappa shape index (κ3) is 2.96. The van der Waals surface area contributed by atoms with E-state index in [-0.39, 0.29) is 0 Å². The quantitative estimate of drug-likeness (QED) is 0.417. The first-order valence-corrected chi connectivity index (χ1v) is 10.2. The smallest absolute Gasteiger partial charge is 0.0534 e. The lowest BCUT2D eigenvalue weighted by Gasteiger charge is -2.19. The topological polar surface area (TPSA) is 9.86 Å². The van der Waals surface area contributed by atoms with Crippen LogP contribution < -0.4 is 0 Å². The van der Waals surface area contributed by atoms with Crippen LogP contribution in [0, 0.1) is 6.92 Å². The van der Waals surface area contributed by atoms with E-state index in [1.807, 2.05) is 18.2 Å². The van der Waals surface area contributed by atoms with Gasteiger partial charge >= 0.3 is 0 Å². The second-order valence-electron chi connectivity index (χ2n) is 7.52. The standard InChI is InChI=1S/C27H28N2/c1-6-9-14-24-19(4)22-13-10-11-15-27(22)29(24)20-16-17-26-23(18-20)21(8-3)25(12-7-2)28(26)5/h6-15,18H,1,3,16-17H2,2,4-5H3/b12-7-,14-9-.